The van der Waals surface area contributed by atoms with Crippen LogP contribution in [-0.4, -0.2) is 43.5 Å². The molecule has 0 saturated heterocycles. The second kappa shape index (κ2) is 8.29. The third kappa shape index (κ3) is 6.58. The van der Waals surface area contributed by atoms with Crippen LogP contribution in [0, 0.1) is 0 Å². The van der Waals surface area contributed by atoms with E-state index >= 15 is 0 Å². The lowest BCUT2D eigenvalue weighted by molar-refractivity contribution is -0.144. The van der Waals surface area contributed by atoms with Crippen molar-refractivity contribution in [2.45, 2.75) is 32.9 Å². The molecule has 6 heteroatoms. The number of thiocarbonyl (C=S) groups is 1. The van der Waals surface area contributed by atoms with Gasteiger partial charge in [0.05, 0.1) is 13.2 Å². The maximum atomic E-state index is 11.3. The quantitative estimate of drug-likeness (QED) is 0.525. The molecule has 0 aromatic carbocycles. The van der Waals surface area contributed by atoms with Gasteiger partial charge in [-0.25, -0.2) is 4.79 Å². The highest BCUT2D eigenvalue weighted by Crippen LogP contribution is 1.89. The fraction of sp³-hybridized carbons (Fsp3) is 0.800. The number of hydrogen-bond donors (Lipinski definition) is 2. The minimum atomic E-state index is -0.449. The molecule has 0 aliphatic rings. The maximum Gasteiger partial charge on any atom is 0.328 e. The van der Waals surface area contributed by atoms with Crippen LogP contribution in [0.2, 0.25) is 0 Å². The minimum absolute atomic E-state index is 0.0967. The third-order valence-electron chi connectivity index (χ3n) is 1.78. The molecule has 0 aliphatic carbocycles. The summed E-state index contributed by atoms with van der Waals surface area (Å²) in [5.74, 6) is -0.314. The Bertz CT molecular complexity index is 236. The van der Waals surface area contributed by atoms with Crippen molar-refractivity contribution in [3.8, 4) is 0 Å². The zero-order valence-corrected chi connectivity index (χ0v) is 11.0. The van der Waals surface area contributed by atoms with E-state index in [0.29, 0.717) is 18.3 Å². The van der Waals surface area contributed by atoms with Gasteiger partial charge in [-0.05, 0) is 33.0 Å². The van der Waals surface area contributed by atoms with Crippen LogP contribution in [0.25, 0.3) is 0 Å². The van der Waals surface area contributed by atoms with E-state index in [0.717, 1.165) is 0 Å². The monoisotopic (exact) mass is 248 g/mol. The number of esters is 1. The summed E-state index contributed by atoms with van der Waals surface area (Å²) >= 11 is 5.04. The molecule has 5 nitrogen and oxygen atoms in total. The van der Waals surface area contributed by atoms with Crippen molar-refractivity contribution in [1.82, 2.24) is 10.6 Å². The number of ether oxygens (including phenoxy) is 2. The first-order valence-corrected chi connectivity index (χ1v) is 5.64. The fourth-order valence-electron chi connectivity index (χ4n) is 1.08. The van der Waals surface area contributed by atoms with Gasteiger partial charge in [-0.1, -0.05) is 0 Å². The lowest BCUT2D eigenvalue weighted by atomic mass is 10.3. The average Bonchev–Trinajstić information content (AvgIpc) is 2.17. The molecule has 0 radical (unpaired) electrons. The molecule has 2 unspecified atom stereocenters. The zero-order valence-electron chi connectivity index (χ0n) is 10.2. The predicted octanol–water partition coefficient (Wildman–Crippen LogP) is 0.437. The third-order valence-corrected chi connectivity index (χ3v) is 2.02. The summed E-state index contributed by atoms with van der Waals surface area (Å²) in [6.07, 6.45) is 0. The molecule has 0 saturated carbocycles. The van der Waals surface area contributed by atoms with Gasteiger partial charge in [-0.15, -0.1) is 0 Å². The molecule has 2 N–H and O–H groups in total. The molecule has 16 heavy (non-hydrogen) atoms. The van der Waals surface area contributed by atoms with E-state index in [4.69, 9.17) is 21.7 Å². The van der Waals surface area contributed by atoms with E-state index in [9.17, 15) is 4.79 Å². The van der Waals surface area contributed by atoms with Gasteiger partial charge in [0, 0.05) is 13.2 Å². The van der Waals surface area contributed by atoms with E-state index < -0.39 is 6.04 Å². The predicted molar refractivity (Wildman–Crippen MR) is 66.3 cm³/mol. The standard InChI is InChI=1S/C10H20N2O3S/c1-5-15-9(13)8(3)12-10(16)11-7(2)6-14-4/h7-8H,5-6H2,1-4H3,(H2,11,12,16). The maximum absolute atomic E-state index is 11.3. The van der Waals surface area contributed by atoms with Crippen molar-refractivity contribution in [2.24, 2.45) is 0 Å². The van der Waals surface area contributed by atoms with Gasteiger partial charge in [0.25, 0.3) is 0 Å². The largest absolute Gasteiger partial charge is 0.464 e. The topological polar surface area (TPSA) is 59.6 Å². The first-order chi connectivity index (χ1) is 7.51. The Balaban J connectivity index is 3.90. The van der Waals surface area contributed by atoms with Gasteiger partial charge >= 0.3 is 5.97 Å². The fourth-order valence-corrected chi connectivity index (χ4v) is 1.46. The van der Waals surface area contributed by atoms with Crippen LogP contribution in [-0.2, 0) is 14.3 Å². The summed E-state index contributed by atoms with van der Waals surface area (Å²) in [6.45, 7) is 6.32. The number of nitrogens with one attached hydrogen (secondary N) is 2. The van der Waals surface area contributed by atoms with Gasteiger partial charge in [0.2, 0.25) is 0 Å². The molecule has 0 aromatic rings. The summed E-state index contributed by atoms with van der Waals surface area (Å²) < 4.78 is 9.80. The molecule has 0 amide bonds. The average molecular weight is 248 g/mol. The number of rotatable bonds is 6. The summed E-state index contributed by atoms with van der Waals surface area (Å²) in [5.41, 5.74) is 0. The van der Waals surface area contributed by atoms with Gasteiger partial charge in [0.15, 0.2) is 5.11 Å². The van der Waals surface area contributed by atoms with E-state index in [1.165, 1.54) is 0 Å². The highest BCUT2D eigenvalue weighted by molar-refractivity contribution is 7.80. The van der Waals surface area contributed by atoms with Crippen molar-refractivity contribution >= 4 is 23.3 Å². The minimum Gasteiger partial charge on any atom is -0.464 e. The SMILES string of the molecule is CCOC(=O)C(C)NC(=S)NC(C)COC. The van der Waals surface area contributed by atoms with E-state index in [1.54, 1.807) is 21.0 Å². The molecule has 0 heterocycles. The Morgan fingerprint density at radius 2 is 2.00 bits per heavy atom. The second-order valence-electron chi connectivity index (χ2n) is 3.45. The van der Waals surface area contributed by atoms with Gasteiger partial charge < -0.3 is 20.1 Å². The highest BCUT2D eigenvalue weighted by Gasteiger charge is 2.15. The van der Waals surface area contributed by atoms with Crippen molar-refractivity contribution in [2.75, 3.05) is 20.3 Å². The number of carbonyl (C=O) groups excluding carboxylic acids is 1. The van der Waals surface area contributed by atoms with Gasteiger partial charge in [0.1, 0.15) is 6.04 Å². The van der Waals surface area contributed by atoms with Crippen LogP contribution < -0.4 is 10.6 Å². The van der Waals surface area contributed by atoms with Crippen molar-refractivity contribution in [3.05, 3.63) is 0 Å². The van der Waals surface area contributed by atoms with Crippen LogP contribution in [0.5, 0.6) is 0 Å². The first kappa shape index (κ1) is 15.1. The molecule has 0 rings (SSSR count). The zero-order chi connectivity index (χ0) is 12.6. The second-order valence-corrected chi connectivity index (χ2v) is 3.86. The van der Waals surface area contributed by atoms with E-state index in [-0.39, 0.29) is 12.0 Å². The van der Waals surface area contributed by atoms with Crippen LogP contribution in [0.1, 0.15) is 20.8 Å². The lowest BCUT2D eigenvalue weighted by Crippen LogP contribution is -2.48. The van der Waals surface area contributed by atoms with Crippen molar-refractivity contribution < 1.29 is 14.3 Å². The van der Waals surface area contributed by atoms with Crippen LogP contribution >= 0.6 is 12.2 Å². The Morgan fingerprint density at radius 1 is 1.38 bits per heavy atom. The summed E-state index contributed by atoms with van der Waals surface area (Å²) in [4.78, 5) is 11.3. The smallest absolute Gasteiger partial charge is 0.328 e. The number of hydrogen-bond acceptors (Lipinski definition) is 4. The van der Waals surface area contributed by atoms with Crippen molar-refractivity contribution in [3.63, 3.8) is 0 Å². The highest BCUT2D eigenvalue weighted by atomic mass is 32.1. The van der Waals surface area contributed by atoms with Gasteiger partial charge in [-0.3, -0.25) is 0 Å². The Morgan fingerprint density at radius 3 is 2.50 bits per heavy atom. The van der Waals surface area contributed by atoms with Crippen LogP contribution in [0.4, 0.5) is 0 Å². The lowest BCUT2D eigenvalue weighted by Gasteiger charge is -2.19. The summed E-state index contributed by atoms with van der Waals surface area (Å²) in [7, 11) is 1.62. The molecule has 0 aliphatic heterocycles. The Hall–Kier alpha value is -0.880. The molecular formula is C10H20N2O3S. The number of methoxy groups -OCH3 is 1. The van der Waals surface area contributed by atoms with Gasteiger partial charge in [-0.2, -0.15) is 0 Å². The number of carbonyl (C=O) groups is 1. The molecule has 2 atom stereocenters. The molecule has 0 spiro atoms. The molecule has 0 bridgehead atoms. The first-order valence-electron chi connectivity index (χ1n) is 5.23. The summed E-state index contributed by atoms with van der Waals surface area (Å²) in [5, 5.41) is 6.26. The van der Waals surface area contributed by atoms with Crippen LogP contribution in [0.15, 0.2) is 0 Å². The van der Waals surface area contributed by atoms with E-state index in [2.05, 4.69) is 10.6 Å². The van der Waals surface area contributed by atoms with Crippen LogP contribution in [0.3, 0.4) is 0 Å². The Labute approximate surface area is 102 Å². The van der Waals surface area contributed by atoms with Crippen molar-refractivity contribution in [1.29, 1.82) is 0 Å². The molecule has 0 fully saturated rings. The normalized spacial score (nSPS) is 13.8. The summed E-state index contributed by atoms with van der Waals surface area (Å²) in [6, 6.07) is -0.353. The molecule has 94 valence electrons. The van der Waals surface area contributed by atoms with E-state index in [1.807, 2.05) is 6.92 Å². The molecular weight excluding hydrogens is 228 g/mol. The Kier molecular flexibility index (Phi) is 7.84. The molecule has 0 aromatic heterocycles.